The number of hydrogen-bond donors (Lipinski definition) is 1. The Bertz CT molecular complexity index is 266. The third-order valence-electron chi connectivity index (χ3n) is 3.97. The number of carbonyl (C=O) groups is 1. The Labute approximate surface area is 104 Å². The summed E-state index contributed by atoms with van der Waals surface area (Å²) in [7, 11) is 2.16. The molecule has 4 nitrogen and oxygen atoms in total. The first kappa shape index (κ1) is 12.8. The highest BCUT2D eigenvalue weighted by molar-refractivity contribution is 5.69. The topological polar surface area (TPSA) is 43.8 Å². The lowest BCUT2D eigenvalue weighted by Gasteiger charge is -2.29. The van der Waals surface area contributed by atoms with Gasteiger partial charge in [-0.1, -0.05) is 0 Å². The summed E-state index contributed by atoms with van der Waals surface area (Å²) >= 11 is 0. The molecule has 0 amide bonds. The number of likely N-dealkylation sites (tertiary alicyclic amines) is 1. The zero-order valence-corrected chi connectivity index (χ0v) is 10.8. The number of aliphatic carboxylic acids is 1. The number of hydrogen-bond acceptors (Lipinski definition) is 3. The lowest BCUT2D eigenvalue weighted by molar-refractivity contribution is -0.139. The van der Waals surface area contributed by atoms with Crippen molar-refractivity contribution in [3.63, 3.8) is 0 Å². The van der Waals surface area contributed by atoms with E-state index < -0.39 is 5.97 Å². The Hall–Kier alpha value is -0.610. The molecular weight excluding hydrogens is 216 g/mol. The normalized spacial score (nSPS) is 27.1. The second-order valence-corrected chi connectivity index (χ2v) is 5.65. The Morgan fingerprint density at radius 3 is 2.71 bits per heavy atom. The van der Waals surface area contributed by atoms with E-state index in [1.165, 1.54) is 19.3 Å². The van der Waals surface area contributed by atoms with E-state index in [0.717, 1.165) is 38.4 Å². The van der Waals surface area contributed by atoms with Gasteiger partial charge in [0.25, 0.3) is 0 Å². The molecule has 0 aromatic rings. The SMILES string of the molecule is CN1CCCC(N(CC(=O)O)CC2CC2)CC1. The quantitative estimate of drug-likeness (QED) is 0.786. The van der Waals surface area contributed by atoms with Gasteiger partial charge in [-0.15, -0.1) is 0 Å². The number of carboxylic acid groups (broad SMARTS) is 1. The van der Waals surface area contributed by atoms with E-state index in [2.05, 4.69) is 16.8 Å². The standard InChI is InChI=1S/C13H24N2O2/c1-14-7-2-3-12(6-8-14)15(10-13(16)17)9-11-4-5-11/h11-12H,2-10H2,1H3,(H,16,17). The molecule has 2 aliphatic rings. The van der Waals surface area contributed by atoms with Crippen LogP contribution in [0.3, 0.4) is 0 Å². The van der Waals surface area contributed by atoms with Crippen LogP contribution in [-0.4, -0.2) is 60.1 Å². The summed E-state index contributed by atoms with van der Waals surface area (Å²) in [4.78, 5) is 15.5. The second-order valence-electron chi connectivity index (χ2n) is 5.65. The maximum Gasteiger partial charge on any atom is 0.317 e. The Morgan fingerprint density at radius 1 is 1.29 bits per heavy atom. The predicted molar refractivity (Wildman–Crippen MR) is 67.1 cm³/mol. The van der Waals surface area contributed by atoms with Gasteiger partial charge in [0.2, 0.25) is 0 Å². The first-order valence-corrected chi connectivity index (χ1v) is 6.79. The second kappa shape index (κ2) is 5.83. The van der Waals surface area contributed by atoms with Crippen molar-refractivity contribution < 1.29 is 9.90 Å². The van der Waals surface area contributed by atoms with Crippen molar-refractivity contribution in [3.8, 4) is 0 Å². The molecule has 1 heterocycles. The molecule has 0 radical (unpaired) electrons. The summed E-state index contributed by atoms with van der Waals surface area (Å²) in [5, 5.41) is 9.02. The fourth-order valence-electron chi connectivity index (χ4n) is 2.74. The fourth-order valence-corrected chi connectivity index (χ4v) is 2.74. The molecule has 1 aliphatic carbocycles. The van der Waals surface area contributed by atoms with Gasteiger partial charge in [0.05, 0.1) is 6.54 Å². The fraction of sp³-hybridized carbons (Fsp3) is 0.923. The molecule has 0 spiro atoms. The maximum absolute atomic E-state index is 11.0. The van der Waals surface area contributed by atoms with Gasteiger partial charge in [0.15, 0.2) is 0 Å². The molecule has 1 aliphatic heterocycles. The van der Waals surface area contributed by atoms with Gasteiger partial charge in [-0.25, -0.2) is 0 Å². The Balaban J connectivity index is 1.89. The van der Waals surface area contributed by atoms with Crippen molar-refractivity contribution in [2.75, 3.05) is 33.2 Å². The molecule has 1 saturated carbocycles. The van der Waals surface area contributed by atoms with Crippen LogP contribution in [0.4, 0.5) is 0 Å². The molecule has 1 saturated heterocycles. The smallest absolute Gasteiger partial charge is 0.317 e. The molecule has 2 rings (SSSR count). The summed E-state index contributed by atoms with van der Waals surface area (Å²) in [6.07, 6.45) is 6.06. The maximum atomic E-state index is 11.0. The summed E-state index contributed by atoms with van der Waals surface area (Å²) in [6, 6.07) is 0.483. The van der Waals surface area contributed by atoms with Gasteiger partial charge in [0, 0.05) is 12.6 Å². The van der Waals surface area contributed by atoms with Crippen LogP contribution < -0.4 is 0 Å². The van der Waals surface area contributed by atoms with Crippen LogP contribution in [0, 0.1) is 5.92 Å². The monoisotopic (exact) mass is 240 g/mol. The van der Waals surface area contributed by atoms with Crippen molar-refractivity contribution in [3.05, 3.63) is 0 Å². The van der Waals surface area contributed by atoms with E-state index in [4.69, 9.17) is 5.11 Å². The van der Waals surface area contributed by atoms with Crippen LogP contribution in [0.2, 0.25) is 0 Å². The zero-order chi connectivity index (χ0) is 12.3. The lowest BCUT2D eigenvalue weighted by Crippen LogP contribution is -2.41. The van der Waals surface area contributed by atoms with Gasteiger partial charge >= 0.3 is 5.97 Å². The third-order valence-corrected chi connectivity index (χ3v) is 3.97. The first-order valence-electron chi connectivity index (χ1n) is 6.79. The molecule has 0 bridgehead atoms. The van der Waals surface area contributed by atoms with Crippen LogP contribution >= 0.6 is 0 Å². The van der Waals surface area contributed by atoms with Crippen molar-refractivity contribution >= 4 is 5.97 Å². The molecular formula is C13H24N2O2. The summed E-state index contributed by atoms with van der Waals surface area (Å²) in [5.41, 5.74) is 0. The van der Waals surface area contributed by atoms with Crippen molar-refractivity contribution in [2.24, 2.45) is 5.92 Å². The van der Waals surface area contributed by atoms with Crippen molar-refractivity contribution in [1.29, 1.82) is 0 Å². The minimum Gasteiger partial charge on any atom is -0.480 e. The minimum atomic E-state index is -0.678. The average molecular weight is 240 g/mol. The average Bonchev–Trinajstić information content (AvgIpc) is 3.04. The number of rotatable bonds is 5. The van der Waals surface area contributed by atoms with Crippen LogP contribution in [0.5, 0.6) is 0 Å². The summed E-state index contributed by atoms with van der Waals surface area (Å²) in [5.74, 6) is 0.0959. The highest BCUT2D eigenvalue weighted by Gasteiger charge is 2.29. The molecule has 0 aromatic carbocycles. The van der Waals surface area contributed by atoms with Crippen molar-refractivity contribution in [1.82, 2.24) is 9.80 Å². The van der Waals surface area contributed by atoms with Crippen LogP contribution in [0.15, 0.2) is 0 Å². The predicted octanol–water partition coefficient (Wildman–Crippen LogP) is 1.27. The lowest BCUT2D eigenvalue weighted by atomic mass is 10.1. The number of carboxylic acids is 1. The van der Waals surface area contributed by atoms with Crippen molar-refractivity contribution in [2.45, 2.75) is 38.1 Å². The van der Waals surface area contributed by atoms with E-state index >= 15 is 0 Å². The Morgan fingerprint density at radius 2 is 2.06 bits per heavy atom. The van der Waals surface area contributed by atoms with Gasteiger partial charge in [0.1, 0.15) is 0 Å². The third kappa shape index (κ3) is 4.28. The first-order chi connectivity index (χ1) is 8.15. The Kier molecular flexibility index (Phi) is 4.40. The molecule has 17 heavy (non-hydrogen) atoms. The van der Waals surface area contributed by atoms with E-state index in [0.29, 0.717) is 6.04 Å². The molecule has 1 atom stereocenters. The van der Waals surface area contributed by atoms with E-state index in [-0.39, 0.29) is 6.54 Å². The van der Waals surface area contributed by atoms with Gasteiger partial charge in [-0.3, -0.25) is 9.69 Å². The van der Waals surface area contributed by atoms with Crippen LogP contribution in [0.1, 0.15) is 32.1 Å². The van der Waals surface area contributed by atoms with Crippen LogP contribution in [-0.2, 0) is 4.79 Å². The molecule has 4 heteroatoms. The minimum absolute atomic E-state index is 0.227. The summed E-state index contributed by atoms with van der Waals surface area (Å²) < 4.78 is 0. The van der Waals surface area contributed by atoms with E-state index in [1.807, 2.05) is 0 Å². The van der Waals surface area contributed by atoms with Gasteiger partial charge < -0.3 is 10.0 Å². The zero-order valence-electron chi connectivity index (χ0n) is 10.8. The molecule has 2 fully saturated rings. The van der Waals surface area contributed by atoms with Gasteiger partial charge in [-0.2, -0.15) is 0 Å². The molecule has 0 aromatic heterocycles. The highest BCUT2D eigenvalue weighted by atomic mass is 16.4. The number of nitrogens with zero attached hydrogens (tertiary/aromatic N) is 2. The molecule has 98 valence electrons. The summed E-state index contributed by atoms with van der Waals surface area (Å²) in [6.45, 7) is 3.48. The van der Waals surface area contributed by atoms with E-state index in [1.54, 1.807) is 0 Å². The van der Waals surface area contributed by atoms with E-state index in [9.17, 15) is 4.79 Å². The van der Waals surface area contributed by atoms with Crippen LogP contribution in [0.25, 0.3) is 0 Å². The molecule has 1 unspecified atom stereocenters. The largest absolute Gasteiger partial charge is 0.480 e. The molecule has 1 N–H and O–H groups in total. The van der Waals surface area contributed by atoms with Gasteiger partial charge in [-0.05, 0) is 58.2 Å². The highest BCUT2D eigenvalue weighted by Crippen LogP contribution is 2.31.